The highest BCUT2D eigenvalue weighted by molar-refractivity contribution is 6.57. The molecule has 0 saturated heterocycles. The highest BCUT2D eigenvalue weighted by Gasteiger charge is 2.24. The maximum Gasteiger partial charge on any atom is 0.208 e. The standard InChI is InChI=1S/C13H13BClNO/c1-7-8(2)14-13(16)11(7)12(17)9-3-5-10(15)6-4-9/h3-6,14H,16H2,1-2H3. The van der Waals surface area contributed by atoms with E-state index in [1.807, 2.05) is 13.8 Å². The van der Waals surface area contributed by atoms with Gasteiger partial charge in [-0.1, -0.05) is 24.0 Å². The summed E-state index contributed by atoms with van der Waals surface area (Å²) in [7, 11) is 0.695. The zero-order chi connectivity index (χ0) is 12.6. The maximum atomic E-state index is 12.3. The highest BCUT2D eigenvalue weighted by atomic mass is 35.5. The average molecular weight is 246 g/mol. The summed E-state index contributed by atoms with van der Waals surface area (Å²) in [5.41, 5.74) is 10.0. The number of benzene rings is 1. The number of ketones is 1. The highest BCUT2D eigenvalue weighted by Crippen LogP contribution is 2.27. The number of carbonyl (C=O) groups is 1. The molecular formula is C13H13BClNO. The molecule has 0 unspecified atom stereocenters. The first-order valence-electron chi connectivity index (χ1n) is 5.46. The van der Waals surface area contributed by atoms with E-state index in [1.54, 1.807) is 24.3 Å². The molecular weight excluding hydrogens is 232 g/mol. The predicted octanol–water partition coefficient (Wildman–Crippen LogP) is 2.44. The Hall–Kier alpha value is -1.48. The van der Waals surface area contributed by atoms with Crippen molar-refractivity contribution in [2.24, 2.45) is 5.73 Å². The summed E-state index contributed by atoms with van der Waals surface area (Å²) < 4.78 is 0. The van der Waals surface area contributed by atoms with Gasteiger partial charge >= 0.3 is 0 Å². The summed E-state index contributed by atoms with van der Waals surface area (Å²) in [5.74, 6) is -0.0199. The number of Topliss-reactive ketones (excluding diaryl/α,β-unsaturated/α-hetero) is 1. The fourth-order valence-electron chi connectivity index (χ4n) is 2.02. The fraction of sp³-hybridized carbons (Fsp3) is 0.154. The number of hydrogen-bond donors (Lipinski definition) is 1. The lowest BCUT2D eigenvalue weighted by atomic mass is 9.70. The van der Waals surface area contributed by atoms with Crippen LogP contribution in [0.4, 0.5) is 0 Å². The molecule has 2 nitrogen and oxygen atoms in total. The number of carbonyl (C=O) groups excluding carboxylic acids is 1. The largest absolute Gasteiger partial charge is 0.409 e. The van der Waals surface area contributed by atoms with Crippen molar-refractivity contribution in [1.29, 1.82) is 0 Å². The Bertz CT molecular complexity index is 543. The maximum absolute atomic E-state index is 12.3. The molecule has 0 amide bonds. The van der Waals surface area contributed by atoms with E-state index in [-0.39, 0.29) is 5.78 Å². The third-order valence-electron chi connectivity index (χ3n) is 3.13. The van der Waals surface area contributed by atoms with Crippen molar-refractivity contribution in [2.45, 2.75) is 13.8 Å². The minimum atomic E-state index is -0.0199. The smallest absolute Gasteiger partial charge is 0.208 e. The van der Waals surface area contributed by atoms with E-state index < -0.39 is 0 Å². The summed E-state index contributed by atoms with van der Waals surface area (Å²) in [6.45, 7) is 3.95. The van der Waals surface area contributed by atoms with Gasteiger partial charge in [-0.3, -0.25) is 4.79 Å². The second-order valence-corrected chi connectivity index (χ2v) is 4.75. The molecule has 1 heterocycles. The number of hydrogen-bond acceptors (Lipinski definition) is 2. The van der Waals surface area contributed by atoms with Gasteiger partial charge in [0.05, 0.1) is 0 Å². The van der Waals surface area contributed by atoms with Gasteiger partial charge in [0.15, 0.2) is 5.78 Å². The lowest BCUT2D eigenvalue weighted by molar-refractivity contribution is 0.103. The van der Waals surface area contributed by atoms with Crippen LogP contribution in [0.1, 0.15) is 24.2 Å². The molecule has 0 fully saturated rings. The quantitative estimate of drug-likeness (QED) is 0.642. The van der Waals surface area contributed by atoms with Gasteiger partial charge in [-0.05, 0) is 42.4 Å². The van der Waals surface area contributed by atoms with Crippen molar-refractivity contribution in [1.82, 2.24) is 0 Å². The summed E-state index contributed by atoms with van der Waals surface area (Å²) in [6.07, 6.45) is 0. The lowest BCUT2D eigenvalue weighted by Gasteiger charge is -2.06. The van der Waals surface area contributed by atoms with E-state index in [0.29, 0.717) is 29.0 Å². The SMILES string of the molecule is CC1=C(C)C(C(=O)c2ccc(Cl)cc2)=C(N)B1. The Balaban J connectivity index is 2.39. The molecule has 0 atom stereocenters. The Morgan fingerprint density at radius 2 is 1.82 bits per heavy atom. The number of rotatable bonds is 2. The second-order valence-electron chi connectivity index (χ2n) is 4.32. The van der Waals surface area contributed by atoms with E-state index in [9.17, 15) is 4.79 Å². The van der Waals surface area contributed by atoms with Crippen molar-refractivity contribution in [3.63, 3.8) is 0 Å². The topological polar surface area (TPSA) is 43.1 Å². The molecule has 86 valence electrons. The monoisotopic (exact) mass is 245 g/mol. The Kier molecular flexibility index (Phi) is 3.12. The molecule has 1 aromatic rings. The molecule has 2 rings (SSSR count). The summed E-state index contributed by atoms with van der Waals surface area (Å²) in [6, 6.07) is 6.89. The zero-order valence-corrected chi connectivity index (χ0v) is 10.6. The third kappa shape index (κ3) is 2.15. The molecule has 0 radical (unpaired) electrons. The van der Waals surface area contributed by atoms with Gasteiger partial charge in [0.1, 0.15) is 0 Å². The number of halogens is 1. The van der Waals surface area contributed by atoms with Crippen molar-refractivity contribution in [2.75, 3.05) is 0 Å². The Labute approximate surface area is 106 Å². The first-order valence-corrected chi connectivity index (χ1v) is 5.84. The minimum absolute atomic E-state index is 0.0199. The molecule has 4 heteroatoms. The van der Waals surface area contributed by atoms with Crippen LogP contribution >= 0.6 is 11.6 Å². The zero-order valence-electron chi connectivity index (χ0n) is 9.88. The molecule has 0 aromatic heterocycles. The van der Waals surface area contributed by atoms with Crippen LogP contribution in [-0.4, -0.2) is 13.1 Å². The van der Waals surface area contributed by atoms with Crippen LogP contribution in [0.3, 0.4) is 0 Å². The first-order chi connectivity index (χ1) is 8.00. The van der Waals surface area contributed by atoms with Crippen LogP contribution in [0.25, 0.3) is 0 Å². The van der Waals surface area contributed by atoms with Gasteiger partial charge in [-0.2, -0.15) is 0 Å². The van der Waals surface area contributed by atoms with Crippen LogP contribution in [0.2, 0.25) is 5.02 Å². The molecule has 17 heavy (non-hydrogen) atoms. The third-order valence-corrected chi connectivity index (χ3v) is 3.38. The van der Waals surface area contributed by atoms with Gasteiger partial charge < -0.3 is 5.73 Å². The van der Waals surface area contributed by atoms with Crippen molar-refractivity contribution in [3.8, 4) is 0 Å². The van der Waals surface area contributed by atoms with Gasteiger partial charge in [-0.15, -0.1) is 0 Å². The molecule has 0 aliphatic carbocycles. The summed E-state index contributed by atoms with van der Waals surface area (Å²) in [5, 5.41) is 0.623. The van der Waals surface area contributed by atoms with Crippen LogP contribution in [-0.2, 0) is 0 Å². The molecule has 0 saturated carbocycles. The molecule has 1 aliphatic rings. The Morgan fingerprint density at radius 1 is 1.24 bits per heavy atom. The van der Waals surface area contributed by atoms with E-state index >= 15 is 0 Å². The van der Waals surface area contributed by atoms with E-state index in [0.717, 1.165) is 5.57 Å². The number of allylic oxidation sites excluding steroid dienone is 3. The first kappa shape index (κ1) is 12.0. The molecule has 1 aromatic carbocycles. The fourth-order valence-corrected chi connectivity index (χ4v) is 2.15. The second kappa shape index (κ2) is 4.42. The molecule has 0 bridgehead atoms. The van der Waals surface area contributed by atoms with Crippen LogP contribution in [0.5, 0.6) is 0 Å². The van der Waals surface area contributed by atoms with Gasteiger partial charge in [0.25, 0.3) is 0 Å². The van der Waals surface area contributed by atoms with E-state index in [1.165, 1.54) is 5.47 Å². The van der Waals surface area contributed by atoms with Gasteiger partial charge in [-0.25, -0.2) is 0 Å². The molecule has 2 N–H and O–H groups in total. The predicted molar refractivity (Wildman–Crippen MR) is 72.5 cm³/mol. The van der Waals surface area contributed by atoms with Crippen LogP contribution < -0.4 is 5.73 Å². The number of nitrogens with two attached hydrogens (primary N) is 1. The van der Waals surface area contributed by atoms with E-state index in [2.05, 4.69) is 0 Å². The lowest BCUT2D eigenvalue weighted by Crippen LogP contribution is -2.11. The summed E-state index contributed by atoms with van der Waals surface area (Å²) >= 11 is 5.80. The Morgan fingerprint density at radius 3 is 2.29 bits per heavy atom. The van der Waals surface area contributed by atoms with E-state index in [4.69, 9.17) is 17.3 Å². The van der Waals surface area contributed by atoms with Crippen molar-refractivity contribution >= 4 is 24.7 Å². The average Bonchev–Trinajstić information content (AvgIpc) is 2.53. The van der Waals surface area contributed by atoms with Crippen molar-refractivity contribution < 1.29 is 4.79 Å². The van der Waals surface area contributed by atoms with Gasteiger partial charge in [0, 0.05) is 16.2 Å². The molecule has 1 aliphatic heterocycles. The normalized spacial score (nSPS) is 15.2. The summed E-state index contributed by atoms with van der Waals surface area (Å²) in [4.78, 5) is 12.3. The van der Waals surface area contributed by atoms with Crippen LogP contribution in [0.15, 0.2) is 46.5 Å². The minimum Gasteiger partial charge on any atom is -0.409 e. The van der Waals surface area contributed by atoms with Crippen LogP contribution in [0, 0.1) is 0 Å². The van der Waals surface area contributed by atoms with Crippen molar-refractivity contribution in [3.05, 3.63) is 57.1 Å². The molecule has 0 spiro atoms. The van der Waals surface area contributed by atoms with Gasteiger partial charge in [0.2, 0.25) is 7.28 Å².